The van der Waals surface area contributed by atoms with Crippen molar-refractivity contribution in [2.45, 2.75) is 6.18 Å². The highest BCUT2D eigenvalue weighted by Crippen LogP contribution is 2.33. The van der Waals surface area contributed by atoms with Crippen molar-refractivity contribution in [2.24, 2.45) is 4.99 Å². The largest absolute Gasteiger partial charge is 0.478 e. The maximum atomic E-state index is 12.8. The second kappa shape index (κ2) is 5.84. The number of benzene rings is 2. The fraction of sp³-hybridized carbons (Fsp3) is 0.0588. The third-order valence-corrected chi connectivity index (χ3v) is 3.52. The van der Waals surface area contributed by atoms with Crippen molar-refractivity contribution in [3.05, 3.63) is 65.4 Å². The molecular weight excluding hydrogens is 321 g/mol. The molecule has 7 heteroatoms. The van der Waals surface area contributed by atoms with Gasteiger partial charge in [0.1, 0.15) is 0 Å². The number of nitrogens with one attached hydrogen (secondary N) is 1. The number of H-pyrrole nitrogens is 1. The topological polar surface area (TPSA) is 65.4 Å². The number of aromatic amines is 1. The lowest BCUT2D eigenvalue weighted by atomic mass is 10.1. The monoisotopic (exact) mass is 332 g/mol. The van der Waals surface area contributed by atoms with Crippen molar-refractivity contribution in [3.63, 3.8) is 0 Å². The number of hydrogen-bond acceptors (Lipinski definition) is 2. The quantitative estimate of drug-likeness (QED) is 0.687. The summed E-state index contributed by atoms with van der Waals surface area (Å²) in [5, 5.41) is 9.97. The van der Waals surface area contributed by atoms with Gasteiger partial charge in [-0.1, -0.05) is 18.2 Å². The normalized spacial score (nSPS) is 12.1. The average molecular weight is 332 g/mol. The third-order valence-electron chi connectivity index (χ3n) is 3.52. The molecule has 4 nitrogen and oxygen atoms in total. The number of nitrogens with zero attached hydrogens (tertiary/aromatic N) is 1. The molecule has 0 aliphatic heterocycles. The second-order valence-corrected chi connectivity index (χ2v) is 5.08. The van der Waals surface area contributed by atoms with Gasteiger partial charge in [-0.2, -0.15) is 13.2 Å². The maximum absolute atomic E-state index is 12.8. The zero-order valence-electron chi connectivity index (χ0n) is 12.1. The summed E-state index contributed by atoms with van der Waals surface area (Å²) >= 11 is 0. The van der Waals surface area contributed by atoms with Gasteiger partial charge >= 0.3 is 12.1 Å². The first-order valence-corrected chi connectivity index (χ1v) is 6.91. The molecule has 0 fully saturated rings. The number of carbonyl (C=O) groups is 1. The second-order valence-electron chi connectivity index (χ2n) is 5.08. The van der Waals surface area contributed by atoms with E-state index in [2.05, 4.69) is 9.98 Å². The molecule has 0 unspecified atom stereocenters. The summed E-state index contributed by atoms with van der Waals surface area (Å²) in [6.45, 7) is 0. The van der Waals surface area contributed by atoms with Crippen molar-refractivity contribution in [3.8, 4) is 0 Å². The van der Waals surface area contributed by atoms with Crippen LogP contribution in [0.15, 0.2) is 53.7 Å². The van der Waals surface area contributed by atoms with Crippen molar-refractivity contribution >= 4 is 28.8 Å². The Bertz CT molecular complexity index is 942. The summed E-state index contributed by atoms with van der Waals surface area (Å²) in [5.74, 6) is -1.34. The zero-order chi connectivity index (χ0) is 17.3. The molecule has 0 bridgehead atoms. The lowest BCUT2D eigenvalue weighted by Crippen LogP contribution is -2.06. The van der Waals surface area contributed by atoms with Crippen molar-refractivity contribution < 1.29 is 23.1 Å². The number of alkyl halides is 3. The molecule has 3 aromatic rings. The number of carboxylic acid groups (broad SMARTS) is 1. The first-order chi connectivity index (χ1) is 11.4. The molecule has 0 saturated carbocycles. The van der Waals surface area contributed by atoms with E-state index in [1.807, 2.05) is 24.3 Å². The molecule has 0 radical (unpaired) electrons. The highest BCUT2D eigenvalue weighted by molar-refractivity contribution is 6.01. The SMILES string of the molecule is O=C(O)c1ccc(C(F)(F)F)cc1N=Cc1c[nH]c2ccccc12. The van der Waals surface area contributed by atoms with Gasteiger partial charge in [-0.15, -0.1) is 0 Å². The molecule has 0 aliphatic carbocycles. The van der Waals surface area contributed by atoms with Crippen LogP contribution in [0.2, 0.25) is 0 Å². The Morgan fingerprint density at radius 3 is 2.62 bits per heavy atom. The summed E-state index contributed by atoms with van der Waals surface area (Å²) in [4.78, 5) is 18.2. The summed E-state index contributed by atoms with van der Waals surface area (Å²) < 4.78 is 38.5. The number of aromatic carboxylic acids is 1. The zero-order valence-corrected chi connectivity index (χ0v) is 12.1. The molecule has 1 heterocycles. The van der Waals surface area contributed by atoms with Crippen molar-refractivity contribution in [2.75, 3.05) is 0 Å². The molecule has 0 aliphatic rings. The van der Waals surface area contributed by atoms with Crippen molar-refractivity contribution in [1.29, 1.82) is 0 Å². The molecule has 122 valence electrons. The standard InChI is InChI=1S/C17H11F3N2O2/c18-17(19,20)11-5-6-13(16(23)24)15(7-11)22-9-10-8-21-14-4-2-1-3-12(10)14/h1-9,21H,(H,23,24). The number of aromatic nitrogens is 1. The minimum absolute atomic E-state index is 0.248. The number of aliphatic imine (C=N–C) groups is 1. The molecule has 1 aromatic heterocycles. The first-order valence-electron chi connectivity index (χ1n) is 6.91. The van der Waals surface area contributed by atoms with Crippen LogP contribution < -0.4 is 0 Å². The van der Waals surface area contributed by atoms with Gasteiger partial charge in [-0.05, 0) is 24.3 Å². The van der Waals surface area contributed by atoms with E-state index in [1.165, 1.54) is 6.21 Å². The number of carboxylic acids is 1. The van der Waals surface area contributed by atoms with Crippen LogP contribution in [0.1, 0.15) is 21.5 Å². The number of rotatable bonds is 3. The van der Waals surface area contributed by atoms with Crippen LogP contribution in [0.3, 0.4) is 0 Å². The van der Waals surface area contributed by atoms with Crippen LogP contribution in [0.25, 0.3) is 10.9 Å². The number of fused-ring (bicyclic) bond motifs is 1. The highest BCUT2D eigenvalue weighted by Gasteiger charge is 2.31. The molecule has 24 heavy (non-hydrogen) atoms. The van der Waals surface area contributed by atoms with E-state index in [4.69, 9.17) is 5.11 Å². The first kappa shape index (κ1) is 15.8. The Morgan fingerprint density at radius 1 is 1.17 bits per heavy atom. The lowest BCUT2D eigenvalue weighted by molar-refractivity contribution is -0.137. The Morgan fingerprint density at radius 2 is 1.92 bits per heavy atom. The predicted octanol–water partition coefficient (Wildman–Crippen LogP) is 4.64. The Labute approximate surface area is 134 Å². The molecule has 2 aromatic carbocycles. The Hall–Kier alpha value is -3.09. The predicted molar refractivity (Wildman–Crippen MR) is 84.0 cm³/mol. The van der Waals surface area contributed by atoms with E-state index in [0.717, 1.165) is 29.1 Å². The molecule has 3 rings (SSSR count). The van der Waals surface area contributed by atoms with Gasteiger partial charge < -0.3 is 10.1 Å². The van der Waals surface area contributed by atoms with Gasteiger partial charge in [0.25, 0.3) is 0 Å². The minimum Gasteiger partial charge on any atom is -0.478 e. The molecular formula is C17H11F3N2O2. The van der Waals surface area contributed by atoms with Crippen LogP contribution in [0, 0.1) is 0 Å². The molecule has 0 spiro atoms. The smallest absolute Gasteiger partial charge is 0.416 e. The minimum atomic E-state index is -4.57. The van der Waals surface area contributed by atoms with Crippen LogP contribution >= 0.6 is 0 Å². The van der Waals surface area contributed by atoms with E-state index in [1.54, 1.807) is 6.20 Å². The van der Waals surface area contributed by atoms with E-state index in [-0.39, 0.29) is 11.3 Å². The number of para-hydroxylation sites is 1. The fourth-order valence-corrected chi connectivity index (χ4v) is 2.34. The van der Waals surface area contributed by atoms with E-state index >= 15 is 0 Å². The number of halogens is 3. The van der Waals surface area contributed by atoms with Crippen LogP contribution in [0.4, 0.5) is 18.9 Å². The molecule has 0 saturated heterocycles. The van der Waals surface area contributed by atoms with Gasteiger partial charge in [-0.25, -0.2) is 4.79 Å². The van der Waals surface area contributed by atoms with E-state index in [9.17, 15) is 18.0 Å². The summed E-state index contributed by atoms with van der Waals surface area (Å²) in [6, 6.07) is 9.71. The van der Waals surface area contributed by atoms with Gasteiger partial charge in [-0.3, -0.25) is 4.99 Å². The van der Waals surface area contributed by atoms with Gasteiger partial charge in [0.15, 0.2) is 0 Å². The highest BCUT2D eigenvalue weighted by atomic mass is 19.4. The van der Waals surface area contributed by atoms with Crippen LogP contribution in [-0.4, -0.2) is 22.3 Å². The van der Waals surface area contributed by atoms with E-state index < -0.39 is 17.7 Å². The molecule has 0 amide bonds. The molecule has 2 N–H and O–H groups in total. The Balaban J connectivity index is 2.06. The summed E-state index contributed by atoms with van der Waals surface area (Å²) in [6.07, 6.45) is -1.56. The van der Waals surface area contributed by atoms with E-state index in [0.29, 0.717) is 5.56 Å². The summed E-state index contributed by atoms with van der Waals surface area (Å²) in [7, 11) is 0. The van der Waals surface area contributed by atoms with Gasteiger partial charge in [0.2, 0.25) is 0 Å². The Kier molecular flexibility index (Phi) is 3.84. The summed E-state index contributed by atoms with van der Waals surface area (Å²) in [5.41, 5.74) is 0.0149. The van der Waals surface area contributed by atoms with Gasteiger partial charge in [0.05, 0.1) is 16.8 Å². The fourth-order valence-electron chi connectivity index (χ4n) is 2.34. The van der Waals surface area contributed by atoms with Crippen LogP contribution in [0.5, 0.6) is 0 Å². The van der Waals surface area contributed by atoms with Crippen LogP contribution in [-0.2, 0) is 6.18 Å². The van der Waals surface area contributed by atoms with Gasteiger partial charge in [0, 0.05) is 28.9 Å². The lowest BCUT2D eigenvalue weighted by Gasteiger charge is -2.08. The number of hydrogen-bond donors (Lipinski definition) is 2. The maximum Gasteiger partial charge on any atom is 0.416 e. The van der Waals surface area contributed by atoms with Crippen molar-refractivity contribution in [1.82, 2.24) is 4.98 Å². The average Bonchev–Trinajstić information content (AvgIpc) is 2.95. The third kappa shape index (κ3) is 3.01. The molecule has 0 atom stereocenters.